The lowest BCUT2D eigenvalue weighted by atomic mass is 10.1. The normalized spacial score (nSPS) is 15.7. The molecule has 9 heteroatoms. The fraction of sp³-hybridized carbons (Fsp3) is 0.462. The summed E-state index contributed by atoms with van der Waals surface area (Å²) in [6, 6.07) is 14.6. The molecule has 1 aliphatic rings. The van der Waals surface area contributed by atoms with Crippen molar-refractivity contribution in [2.75, 3.05) is 13.1 Å². The van der Waals surface area contributed by atoms with E-state index in [1.54, 1.807) is 16.7 Å². The fourth-order valence-corrected chi connectivity index (χ4v) is 6.25. The van der Waals surface area contributed by atoms with Crippen LogP contribution >= 0.6 is 0 Å². The molecule has 0 spiro atoms. The second-order valence-corrected chi connectivity index (χ2v) is 11.5. The third-order valence-corrected chi connectivity index (χ3v) is 8.47. The number of fused-ring (bicyclic) bond motifs is 1. The molecule has 1 aromatic heterocycles. The second kappa shape index (κ2) is 10.4. The largest absolute Gasteiger partial charge is 0.352 e. The van der Waals surface area contributed by atoms with Crippen molar-refractivity contribution < 1.29 is 13.2 Å². The molecule has 8 nitrogen and oxygen atoms in total. The Morgan fingerprint density at radius 3 is 2.34 bits per heavy atom. The molecule has 1 N–H and O–H groups in total. The minimum absolute atomic E-state index is 0.0667. The van der Waals surface area contributed by atoms with E-state index in [4.69, 9.17) is 0 Å². The Morgan fingerprint density at radius 2 is 1.69 bits per heavy atom. The summed E-state index contributed by atoms with van der Waals surface area (Å²) in [4.78, 5) is 26.3. The zero-order valence-electron chi connectivity index (χ0n) is 20.6. The van der Waals surface area contributed by atoms with Crippen LogP contribution in [0, 0.1) is 0 Å². The summed E-state index contributed by atoms with van der Waals surface area (Å²) in [6.07, 6.45) is 3.31. The van der Waals surface area contributed by atoms with Gasteiger partial charge in [-0.05, 0) is 70.2 Å². The highest BCUT2D eigenvalue weighted by Gasteiger charge is 2.28. The average molecular weight is 499 g/mol. The number of aryl methyl sites for hydroxylation is 1. The van der Waals surface area contributed by atoms with Crippen LogP contribution in [0.5, 0.6) is 0 Å². The molecule has 35 heavy (non-hydrogen) atoms. The van der Waals surface area contributed by atoms with Gasteiger partial charge < -0.3 is 5.32 Å². The van der Waals surface area contributed by atoms with Crippen LogP contribution in [-0.2, 0) is 27.8 Å². The summed E-state index contributed by atoms with van der Waals surface area (Å²) >= 11 is 0. The molecule has 2 heterocycles. The van der Waals surface area contributed by atoms with E-state index in [1.807, 2.05) is 39.0 Å². The first-order valence-electron chi connectivity index (χ1n) is 12.3. The lowest BCUT2D eigenvalue weighted by Crippen LogP contribution is -2.38. The summed E-state index contributed by atoms with van der Waals surface area (Å²) in [5.74, 6) is -0.275. The van der Waals surface area contributed by atoms with E-state index in [0.29, 0.717) is 24.1 Å². The van der Waals surface area contributed by atoms with Crippen LogP contribution in [0.15, 0.2) is 58.2 Å². The molecule has 0 aliphatic carbocycles. The van der Waals surface area contributed by atoms with Gasteiger partial charge in [0.1, 0.15) is 6.54 Å². The molecule has 0 radical (unpaired) electrons. The van der Waals surface area contributed by atoms with Crippen molar-refractivity contribution >= 4 is 27.0 Å². The number of hydrogen-bond acceptors (Lipinski definition) is 4. The lowest BCUT2D eigenvalue weighted by Gasteiger charge is -2.16. The summed E-state index contributed by atoms with van der Waals surface area (Å²) in [5, 5.41) is 2.98. The summed E-state index contributed by atoms with van der Waals surface area (Å²) < 4.78 is 30.7. The van der Waals surface area contributed by atoms with Gasteiger partial charge in [0, 0.05) is 25.2 Å². The molecule has 188 valence electrons. The van der Waals surface area contributed by atoms with Crippen molar-refractivity contribution in [3.63, 3.8) is 0 Å². The Labute approximate surface area is 206 Å². The van der Waals surface area contributed by atoms with Crippen molar-refractivity contribution in [3.05, 3.63) is 64.6 Å². The van der Waals surface area contributed by atoms with Gasteiger partial charge >= 0.3 is 5.69 Å². The first-order valence-corrected chi connectivity index (χ1v) is 13.7. The molecule has 1 aliphatic heterocycles. The van der Waals surface area contributed by atoms with Crippen LogP contribution in [0.2, 0.25) is 0 Å². The molecule has 1 fully saturated rings. The topological polar surface area (TPSA) is 93.4 Å². The van der Waals surface area contributed by atoms with Crippen LogP contribution in [0.4, 0.5) is 0 Å². The molecule has 4 rings (SSSR count). The Hall–Kier alpha value is -2.91. The van der Waals surface area contributed by atoms with Crippen LogP contribution in [0.25, 0.3) is 11.0 Å². The number of imidazole rings is 1. The highest BCUT2D eigenvalue weighted by atomic mass is 32.2. The van der Waals surface area contributed by atoms with Gasteiger partial charge in [0.05, 0.1) is 15.9 Å². The highest BCUT2D eigenvalue weighted by Crippen LogP contribution is 2.25. The maximum absolute atomic E-state index is 13.3. The molecule has 1 unspecified atom stereocenters. The standard InChI is InChI=1S/C26H34N4O4S/c1-19(2)30-23-14-13-22(35(33,34)28-15-7-8-16-28)17-24(23)29(26(30)32)18-25(31)27-20(3)11-12-21-9-5-4-6-10-21/h4-6,9-10,13-14,17,19-20H,7-8,11-12,15-16,18H2,1-3H3,(H,27,31). The van der Waals surface area contributed by atoms with Gasteiger partial charge in [0.15, 0.2) is 0 Å². The van der Waals surface area contributed by atoms with Crippen molar-refractivity contribution in [1.82, 2.24) is 18.8 Å². The molecule has 1 saturated heterocycles. The number of aromatic nitrogens is 2. The van der Waals surface area contributed by atoms with E-state index in [2.05, 4.69) is 17.4 Å². The van der Waals surface area contributed by atoms with Crippen LogP contribution in [0.1, 0.15) is 51.6 Å². The first-order chi connectivity index (χ1) is 16.7. The predicted octanol–water partition coefficient (Wildman–Crippen LogP) is 3.31. The number of sulfonamides is 1. The molecule has 3 aromatic rings. The van der Waals surface area contributed by atoms with Crippen molar-refractivity contribution in [2.45, 2.75) is 70.0 Å². The van der Waals surface area contributed by atoms with E-state index in [-0.39, 0.29) is 35.1 Å². The van der Waals surface area contributed by atoms with Crippen LogP contribution in [-0.4, -0.2) is 46.9 Å². The number of nitrogens with one attached hydrogen (secondary N) is 1. The summed E-state index contributed by atoms with van der Waals surface area (Å²) in [5.41, 5.74) is 1.96. The van der Waals surface area contributed by atoms with E-state index < -0.39 is 10.0 Å². The number of rotatable bonds is 9. The zero-order chi connectivity index (χ0) is 25.2. The van der Waals surface area contributed by atoms with E-state index >= 15 is 0 Å². The second-order valence-electron chi connectivity index (χ2n) is 9.59. The van der Waals surface area contributed by atoms with Gasteiger partial charge in [-0.2, -0.15) is 4.31 Å². The van der Waals surface area contributed by atoms with E-state index in [0.717, 1.165) is 25.7 Å². The number of amides is 1. The number of carbonyl (C=O) groups is 1. The maximum Gasteiger partial charge on any atom is 0.329 e. The number of nitrogens with zero attached hydrogens (tertiary/aromatic N) is 3. The molecular weight excluding hydrogens is 464 g/mol. The Bertz CT molecular complexity index is 1350. The Morgan fingerprint density at radius 1 is 1.00 bits per heavy atom. The molecule has 0 saturated carbocycles. The van der Waals surface area contributed by atoms with Crippen LogP contribution in [0.3, 0.4) is 0 Å². The molecule has 1 atom stereocenters. The zero-order valence-corrected chi connectivity index (χ0v) is 21.4. The third kappa shape index (κ3) is 5.36. The number of carbonyl (C=O) groups excluding carboxylic acids is 1. The molecule has 1 amide bonds. The van der Waals surface area contributed by atoms with Gasteiger partial charge in [-0.25, -0.2) is 13.2 Å². The molecule has 0 bridgehead atoms. The van der Waals surface area contributed by atoms with Gasteiger partial charge in [-0.3, -0.25) is 13.9 Å². The fourth-order valence-electron chi connectivity index (χ4n) is 4.71. The van der Waals surface area contributed by atoms with Crippen molar-refractivity contribution in [1.29, 1.82) is 0 Å². The minimum atomic E-state index is -3.64. The summed E-state index contributed by atoms with van der Waals surface area (Å²) in [7, 11) is -3.64. The molecular formula is C26H34N4O4S. The smallest absolute Gasteiger partial charge is 0.329 e. The predicted molar refractivity (Wildman–Crippen MR) is 137 cm³/mol. The molecule has 2 aromatic carbocycles. The quantitative estimate of drug-likeness (QED) is 0.490. The Balaban J connectivity index is 1.58. The SMILES string of the molecule is CC(CCc1ccccc1)NC(=O)Cn1c(=O)n(C(C)C)c2ccc(S(=O)(=O)N3CCCC3)cc21. The highest BCUT2D eigenvalue weighted by molar-refractivity contribution is 7.89. The summed E-state index contributed by atoms with van der Waals surface area (Å²) in [6.45, 7) is 6.57. The van der Waals surface area contributed by atoms with Gasteiger partial charge in [-0.15, -0.1) is 0 Å². The van der Waals surface area contributed by atoms with Crippen LogP contribution < -0.4 is 11.0 Å². The van der Waals surface area contributed by atoms with Crippen molar-refractivity contribution in [3.8, 4) is 0 Å². The van der Waals surface area contributed by atoms with E-state index in [9.17, 15) is 18.0 Å². The van der Waals surface area contributed by atoms with Gasteiger partial charge in [0.25, 0.3) is 0 Å². The number of benzene rings is 2. The Kier molecular flexibility index (Phi) is 7.47. The van der Waals surface area contributed by atoms with Gasteiger partial charge in [0.2, 0.25) is 15.9 Å². The van der Waals surface area contributed by atoms with E-state index in [1.165, 1.54) is 20.5 Å². The number of hydrogen-bond donors (Lipinski definition) is 1. The van der Waals surface area contributed by atoms with Crippen molar-refractivity contribution in [2.24, 2.45) is 0 Å². The first kappa shape index (κ1) is 25.2. The van der Waals surface area contributed by atoms with Gasteiger partial charge in [-0.1, -0.05) is 30.3 Å². The monoisotopic (exact) mass is 498 g/mol. The average Bonchev–Trinajstić information content (AvgIpc) is 3.46. The maximum atomic E-state index is 13.3. The lowest BCUT2D eigenvalue weighted by molar-refractivity contribution is -0.122. The third-order valence-electron chi connectivity index (χ3n) is 6.57. The minimum Gasteiger partial charge on any atom is -0.352 e.